The smallest absolute Gasteiger partial charge is 0.254 e. The second-order valence-electron chi connectivity index (χ2n) is 9.84. The van der Waals surface area contributed by atoms with Crippen LogP contribution in [0, 0.1) is 6.92 Å². The number of carbonyl (C=O) groups excluding carboxylic acids is 2. The summed E-state index contributed by atoms with van der Waals surface area (Å²) < 4.78 is 5.86. The molecule has 0 spiro atoms. The average molecular weight is 466 g/mol. The molecule has 2 aliphatic heterocycles. The molecule has 1 aromatic heterocycles. The number of piperidine rings is 1. The number of rotatable bonds is 7. The molecule has 34 heavy (non-hydrogen) atoms. The van der Waals surface area contributed by atoms with Crippen molar-refractivity contribution >= 4 is 17.6 Å². The van der Waals surface area contributed by atoms with E-state index in [4.69, 9.17) is 14.7 Å². The predicted octanol–water partition coefficient (Wildman–Crippen LogP) is 3.05. The van der Waals surface area contributed by atoms with E-state index in [1.807, 2.05) is 60.0 Å². The van der Waals surface area contributed by atoms with Gasteiger partial charge in [0.25, 0.3) is 5.91 Å². The Kier molecular flexibility index (Phi) is 7.05. The number of benzene rings is 1. The molecule has 2 amide bonds. The first kappa shape index (κ1) is 24.0. The minimum Gasteiger partial charge on any atom is -0.492 e. The molecule has 2 aliphatic rings. The summed E-state index contributed by atoms with van der Waals surface area (Å²) in [4.78, 5) is 40.5. The second-order valence-corrected chi connectivity index (χ2v) is 9.84. The number of ether oxygens (including phenoxy) is 1. The summed E-state index contributed by atoms with van der Waals surface area (Å²) in [7, 11) is 3.95. The van der Waals surface area contributed by atoms with Gasteiger partial charge in [0, 0.05) is 62.9 Å². The van der Waals surface area contributed by atoms with Crippen LogP contribution in [0.3, 0.4) is 0 Å². The molecular weight excluding hydrogens is 430 g/mol. The molecule has 0 saturated carbocycles. The Hall–Kier alpha value is -3.16. The van der Waals surface area contributed by atoms with Crippen LogP contribution in [0.2, 0.25) is 0 Å². The van der Waals surface area contributed by atoms with Gasteiger partial charge in [-0.2, -0.15) is 0 Å². The van der Waals surface area contributed by atoms with Crippen LogP contribution in [0.25, 0.3) is 0 Å². The van der Waals surface area contributed by atoms with E-state index in [-0.39, 0.29) is 17.2 Å². The number of carbonyl (C=O) groups is 2. The third-order valence-electron chi connectivity index (χ3n) is 6.70. The van der Waals surface area contributed by atoms with Crippen LogP contribution in [-0.2, 0) is 10.2 Å². The zero-order valence-corrected chi connectivity index (χ0v) is 20.7. The fourth-order valence-corrected chi connectivity index (χ4v) is 4.76. The normalized spacial score (nSPS) is 20.5. The minimum absolute atomic E-state index is 0.00779. The molecule has 2 aromatic rings. The van der Waals surface area contributed by atoms with E-state index in [9.17, 15) is 9.59 Å². The van der Waals surface area contributed by atoms with Gasteiger partial charge in [-0.15, -0.1) is 0 Å². The molecule has 0 bridgehead atoms. The van der Waals surface area contributed by atoms with Gasteiger partial charge in [0.05, 0.1) is 6.54 Å². The zero-order chi connectivity index (χ0) is 24.3. The maximum Gasteiger partial charge on any atom is 0.254 e. The fourth-order valence-electron chi connectivity index (χ4n) is 4.76. The molecule has 0 radical (unpaired) electrons. The fraction of sp³-hybridized carbons (Fsp3) is 0.538. The first-order chi connectivity index (χ1) is 16.2. The summed E-state index contributed by atoms with van der Waals surface area (Å²) in [5.41, 5.74) is 1.23. The Bertz CT molecular complexity index is 1060. The summed E-state index contributed by atoms with van der Waals surface area (Å²) >= 11 is 0. The number of nitrogens with zero attached hydrogens (tertiary/aromatic N) is 5. The molecule has 2 saturated heterocycles. The Morgan fingerprint density at radius 2 is 2.00 bits per heavy atom. The Balaban J connectivity index is 1.44. The molecule has 1 unspecified atom stereocenters. The van der Waals surface area contributed by atoms with E-state index in [0.29, 0.717) is 44.0 Å². The van der Waals surface area contributed by atoms with Crippen molar-refractivity contribution in [2.24, 2.45) is 0 Å². The Labute approximate surface area is 201 Å². The SMILES string of the molecule is Cc1cc(N(C)C)nc(C2(C)CCCN(C(=O)c3cccc(OCCN4CCCC4=O)c3)C2)n1. The molecule has 0 aliphatic carbocycles. The van der Waals surface area contributed by atoms with E-state index < -0.39 is 0 Å². The lowest BCUT2D eigenvalue weighted by Crippen LogP contribution is -2.48. The van der Waals surface area contributed by atoms with E-state index in [1.165, 1.54) is 0 Å². The maximum atomic E-state index is 13.4. The lowest BCUT2D eigenvalue weighted by atomic mass is 9.80. The van der Waals surface area contributed by atoms with E-state index in [0.717, 1.165) is 43.1 Å². The highest BCUT2D eigenvalue weighted by Crippen LogP contribution is 2.33. The number of likely N-dealkylation sites (tertiary alicyclic amines) is 2. The molecule has 8 nitrogen and oxygen atoms in total. The van der Waals surface area contributed by atoms with Crippen molar-refractivity contribution in [1.29, 1.82) is 0 Å². The van der Waals surface area contributed by atoms with Crippen LogP contribution >= 0.6 is 0 Å². The summed E-state index contributed by atoms with van der Waals surface area (Å²) in [5.74, 6) is 2.51. The van der Waals surface area contributed by atoms with Gasteiger partial charge in [0.2, 0.25) is 5.91 Å². The molecule has 4 rings (SSSR count). The number of anilines is 1. The minimum atomic E-state index is -0.304. The first-order valence-corrected chi connectivity index (χ1v) is 12.1. The molecule has 3 heterocycles. The molecule has 2 fully saturated rings. The lowest BCUT2D eigenvalue weighted by molar-refractivity contribution is -0.128. The van der Waals surface area contributed by atoms with Gasteiger partial charge in [-0.05, 0) is 44.4 Å². The summed E-state index contributed by atoms with van der Waals surface area (Å²) in [6.45, 7) is 7.22. The van der Waals surface area contributed by atoms with Crippen LogP contribution in [0.4, 0.5) is 5.82 Å². The van der Waals surface area contributed by atoms with Crippen molar-refractivity contribution in [3.05, 3.63) is 47.4 Å². The summed E-state index contributed by atoms with van der Waals surface area (Å²) in [6, 6.07) is 9.31. The highest BCUT2D eigenvalue weighted by atomic mass is 16.5. The molecule has 182 valence electrons. The van der Waals surface area contributed by atoms with Gasteiger partial charge in [-0.25, -0.2) is 9.97 Å². The molecular formula is C26H35N5O3. The van der Waals surface area contributed by atoms with Crippen LogP contribution in [-0.4, -0.2) is 78.5 Å². The predicted molar refractivity (Wildman–Crippen MR) is 131 cm³/mol. The highest BCUT2D eigenvalue weighted by Gasteiger charge is 2.37. The summed E-state index contributed by atoms with van der Waals surface area (Å²) in [6.07, 6.45) is 3.38. The van der Waals surface area contributed by atoms with Crippen molar-refractivity contribution < 1.29 is 14.3 Å². The van der Waals surface area contributed by atoms with Crippen molar-refractivity contribution in [3.8, 4) is 5.75 Å². The largest absolute Gasteiger partial charge is 0.492 e. The molecule has 1 atom stereocenters. The lowest BCUT2D eigenvalue weighted by Gasteiger charge is -2.39. The van der Waals surface area contributed by atoms with Crippen LogP contribution in [0.5, 0.6) is 5.75 Å². The van der Waals surface area contributed by atoms with Crippen LogP contribution in [0.15, 0.2) is 30.3 Å². The number of hydrogen-bond acceptors (Lipinski definition) is 6. The number of amides is 2. The van der Waals surface area contributed by atoms with Crippen molar-refractivity contribution in [3.63, 3.8) is 0 Å². The average Bonchev–Trinajstić information content (AvgIpc) is 3.23. The molecule has 8 heteroatoms. The van der Waals surface area contributed by atoms with E-state index in [1.54, 1.807) is 6.07 Å². The van der Waals surface area contributed by atoms with Gasteiger partial charge >= 0.3 is 0 Å². The van der Waals surface area contributed by atoms with Gasteiger partial charge < -0.3 is 19.4 Å². The Morgan fingerprint density at radius 1 is 1.18 bits per heavy atom. The zero-order valence-electron chi connectivity index (χ0n) is 20.7. The monoisotopic (exact) mass is 465 g/mol. The van der Waals surface area contributed by atoms with Gasteiger partial charge in [-0.3, -0.25) is 9.59 Å². The topological polar surface area (TPSA) is 78.9 Å². The molecule has 0 N–H and O–H groups in total. The first-order valence-electron chi connectivity index (χ1n) is 12.1. The maximum absolute atomic E-state index is 13.4. The van der Waals surface area contributed by atoms with Gasteiger partial charge in [0.15, 0.2) is 0 Å². The van der Waals surface area contributed by atoms with E-state index >= 15 is 0 Å². The number of hydrogen-bond donors (Lipinski definition) is 0. The van der Waals surface area contributed by atoms with Gasteiger partial charge in [-0.1, -0.05) is 13.0 Å². The van der Waals surface area contributed by atoms with Gasteiger partial charge in [0.1, 0.15) is 24.0 Å². The number of aromatic nitrogens is 2. The summed E-state index contributed by atoms with van der Waals surface area (Å²) in [5, 5.41) is 0. The van der Waals surface area contributed by atoms with Crippen LogP contribution < -0.4 is 9.64 Å². The molecule has 1 aromatic carbocycles. The van der Waals surface area contributed by atoms with E-state index in [2.05, 4.69) is 6.92 Å². The number of aryl methyl sites for hydroxylation is 1. The third-order valence-corrected chi connectivity index (χ3v) is 6.70. The second kappa shape index (κ2) is 9.99. The van der Waals surface area contributed by atoms with Crippen molar-refractivity contribution in [1.82, 2.24) is 19.8 Å². The van der Waals surface area contributed by atoms with Crippen molar-refractivity contribution in [2.75, 3.05) is 51.8 Å². The third kappa shape index (κ3) is 5.32. The quantitative estimate of drug-likeness (QED) is 0.625. The Morgan fingerprint density at radius 3 is 2.74 bits per heavy atom. The van der Waals surface area contributed by atoms with Crippen molar-refractivity contribution in [2.45, 2.75) is 44.9 Å². The highest BCUT2D eigenvalue weighted by molar-refractivity contribution is 5.94. The standard InChI is InChI=1S/C26H35N5O3/c1-19-16-22(29(3)4)28-25(27-19)26(2)11-7-13-31(18-26)24(33)20-8-5-9-21(17-20)34-15-14-30-12-6-10-23(30)32/h5,8-9,16-17H,6-7,10-15,18H2,1-4H3. The van der Waals surface area contributed by atoms with Crippen LogP contribution in [0.1, 0.15) is 54.5 Å².